The summed E-state index contributed by atoms with van der Waals surface area (Å²) in [4.78, 5) is 9.88. The number of aromatic nitrogens is 3. The van der Waals surface area contributed by atoms with Crippen LogP contribution < -0.4 is 5.32 Å². The predicted molar refractivity (Wildman–Crippen MR) is 132 cm³/mol. The van der Waals surface area contributed by atoms with Gasteiger partial charge in [0, 0.05) is 23.4 Å². The third-order valence-corrected chi connectivity index (χ3v) is 6.69. The van der Waals surface area contributed by atoms with Gasteiger partial charge in [-0.05, 0) is 60.8 Å². The van der Waals surface area contributed by atoms with Crippen LogP contribution in [0.1, 0.15) is 24.4 Å². The minimum absolute atomic E-state index is 0.448. The van der Waals surface area contributed by atoms with Crippen LogP contribution in [0.3, 0.4) is 0 Å². The topological polar surface area (TPSA) is 42.7 Å². The maximum atomic E-state index is 4.94. The number of benzene rings is 3. The van der Waals surface area contributed by atoms with Crippen LogP contribution in [0.5, 0.6) is 0 Å². The number of rotatable bonds is 3. The molecule has 1 N–H and O–H groups in total. The monoisotopic (exact) mass is 418 g/mol. The molecule has 4 heteroatoms. The van der Waals surface area contributed by atoms with Crippen molar-refractivity contribution in [2.24, 2.45) is 0 Å². The number of piperidine rings is 1. The summed E-state index contributed by atoms with van der Waals surface area (Å²) in [6, 6.07) is 24.4. The molecular formula is C28H26N4. The molecule has 0 saturated carbocycles. The molecule has 0 atom stereocenters. The van der Waals surface area contributed by atoms with Gasteiger partial charge in [0.15, 0.2) is 5.65 Å². The van der Waals surface area contributed by atoms with Gasteiger partial charge in [0.05, 0.1) is 6.33 Å². The molecule has 158 valence electrons. The number of nitrogens with zero attached hydrogens (tertiary/aromatic N) is 3. The first-order chi connectivity index (χ1) is 15.8. The van der Waals surface area contributed by atoms with Gasteiger partial charge in [-0.3, -0.25) is 0 Å². The molecule has 1 aliphatic rings. The first-order valence-corrected chi connectivity index (χ1v) is 11.4. The van der Waals surface area contributed by atoms with Crippen LogP contribution in [0.25, 0.3) is 44.2 Å². The van der Waals surface area contributed by atoms with E-state index in [-0.39, 0.29) is 0 Å². The number of fused-ring (bicyclic) bond motifs is 2. The average molecular weight is 419 g/mol. The molecule has 32 heavy (non-hydrogen) atoms. The lowest BCUT2D eigenvalue weighted by molar-refractivity contribution is 0.373. The van der Waals surface area contributed by atoms with Crippen molar-refractivity contribution in [3.8, 4) is 22.3 Å². The summed E-state index contributed by atoms with van der Waals surface area (Å²) in [6.07, 6.45) is 6.25. The maximum Gasteiger partial charge on any atom is 0.160 e. The van der Waals surface area contributed by atoms with Crippen molar-refractivity contribution in [3.05, 3.63) is 84.8 Å². The molecule has 0 spiro atoms. The molecule has 5 aromatic rings. The molecule has 1 saturated heterocycles. The quantitative estimate of drug-likeness (QED) is 0.382. The number of nitrogens with one attached hydrogen (secondary N) is 1. The normalized spacial score (nSPS) is 14.9. The number of pyridine rings is 1. The molecule has 0 unspecified atom stereocenters. The molecule has 4 nitrogen and oxygen atoms in total. The smallest absolute Gasteiger partial charge is 0.160 e. The number of hydrogen-bond acceptors (Lipinski definition) is 3. The van der Waals surface area contributed by atoms with Crippen LogP contribution >= 0.6 is 0 Å². The molecule has 2 aromatic heterocycles. The summed E-state index contributed by atoms with van der Waals surface area (Å²) in [5.41, 5.74) is 7.87. The van der Waals surface area contributed by atoms with E-state index in [1.54, 1.807) is 0 Å². The Balaban J connectivity index is 1.60. The molecule has 1 aliphatic heterocycles. The second-order valence-electron chi connectivity index (χ2n) is 8.78. The van der Waals surface area contributed by atoms with Gasteiger partial charge in [-0.1, -0.05) is 66.2 Å². The van der Waals surface area contributed by atoms with Gasteiger partial charge >= 0.3 is 0 Å². The Morgan fingerprint density at radius 2 is 1.59 bits per heavy atom. The molecular weight excluding hydrogens is 392 g/mol. The summed E-state index contributed by atoms with van der Waals surface area (Å²) in [5, 5.41) is 5.95. The van der Waals surface area contributed by atoms with Crippen molar-refractivity contribution in [3.63, 3.8) is 0 Å². The zero-order valence-electron chi connectivity index (χ0n) is 18.3. The van der Waals surface area contributed by atoms with Crippen molar-refractivity contribution < 1.29 is 0 Å². The molecule has 3 heterocycles. The molecule has 1 fully saturated rings. The molecule has 3 aromatic carbocycles. The molecule has 0 amide bonds. The van der Waals surface area contributed by atoms with Gasteiger partial charge < -0.3 is 9.88 Å². The van der Waals surface area contributed by atoms with Crippen LogP contribution in [0.2, 0.25) is 0 Å². The van der Waals surface area contributed by atoms with Crippen molar-refractivity contribution in [1.29, 1.82) is 0 Å². The minimum Gasteiger partial charge on any atom is -0.317 e. The van der Waals surface area contributed by atoms with E-state index in [9.17, 15) is 0 Å². The van der Waals surface area contributed by atoms with Crippen molar-refractivity contribution >= 4 is 21.9 Å². The third-order valence-electron chi connectivity index (χ3n) is 6.69. The lowest BCUT2D eigenvalue weighted by atomic mass is 9.93. The average Bonchev–Trinajstić information content (AvgIpc) is 3.28. The van der Waals surface area contributed by atoms with E-state index in [4.69, 9.17) is 9.97 Å². The lowest BCUT2D eigenvalue weighted by Crippen LogP contribution is -2.29. The van der Waals surface area contributed by atoms with Crippen LogP contribution in [-0.2, 0) is 0 Å². The van der Waals surface area contributed by atoms with Crippen LogP contribution in [0, 0.1) is 6.92 Å². The van der Waals surface area contributed by atoms with Gasteiger partial charge in [0.25, 0.3) is 0 Å². The highest BCUT2D eigenvalue weighted by atomic mass is 15.1. The van der Waals surface area contributed by atoms with Crippen LogP contribution in [-0.4, -0.2) is 27.6 Å². The van der Waals surface area contributed by atoms with Gasteiger partial charge in [-0.2, -0.15) is 0 Å². The summed E-state index contributed by atoms with van der Waals surface area (Å²) < 4.78 is 2.29. The Kier molecular flexibility index (Phi) is 4.73. The Morgan fingerprint density at radius 1 is 0.844 bits per heavy atom. The van der Waals surface area contributed by atoms with E-state index in [2.05, 4.69) is 83.5 Å². The molecule has 0 aliphatic carbocycles. The molecule has 0 radical (unpaired) electrons. The highest BCUT2D eigenvalue weighted by Gasteiger charge is 2.21. The SMILES string of the molecule is Cc1ccc(-c2cnc3c(ncn3C3CCNCC3)c2-c2ccc3ccccc3c2)cc1. The summed E-state index contributed by atoms with van der Waals surface area (Å²) in [7, 11) is 0. The first kappa shape index (κ1) is 19.2. The van der Waals surface area contributed by atoms with Gasteiger partial charge in [0.2, 0.25) is 0 Å². The Morgan fingerprint density at radius 3 is 2.41 bits per heavy atom. The second kappa shape index (κ2) is 7.88. The highest BCUT2D eigenvalue weighted by molar-refractivity contribution is 6.01. The predicted octanol–water partition coefficient (Wildman–Crippen LogP) is 6.15. The first-order valence-electron chi connectivity index (χ1n) is 11.4. The second-order valence-corrected chi connectivity index (χ2v) is 8.78. The Labute approximate surface area is 188 Å². The number of imidazole rings is 1. The lowest BCUT2D eigenvalue weighted by Gasteiger charge is -2.24. The van der Waals surface area contributed by atoms with Crippen molar-refractivity contribution in [2.75, 3.05) is 13.1 Å². The summed E-state index contributed by atoms with van der Waals surface area (Å²) in [5.74, 6) is 0. The fourth-order valence-corrected chi connectivity index (χ4v) is 4.92. The van der Waals surface area contributed by atoms with Gasteiger partial charge in [-0.25, -0.2) is 9.97 Å². The number of hydrogen-bond donors (Lipinski definition) is 1. The fourth-order valence-electron chi connectivity index (χ4n) is 4.92. The van der Waals surface area contributed by atoms with E-state index >= 15 is 0 Å². The molecule has 6 rings (SSSR count). The third kappa shape index (κ3) is 3.28. The summed E-state index contributed by atoms with van der Waals surface area (Å²) >= 11 is 0. The standard InChI is InChI=1S/C28H26N4/c1-19-6-8-21(9-7-19)25-17-30-28-27(31-18-32(28)24-12-14-29-15-13-24)26(25)23-11-10-20-4-2-3-5-22(20)16-23/h2-11,16-18,24,29H,12-15H2,1H3. The largest absolute Gasteiger partial charge is 0.317 e. The van der Waals surface area contributed by atoms with Gasteiger partial charge in [0.1, 0.15) is 5.52 Å². The van der Waals surface area contributed by atoms with Crippen LogP contribution in [0.15, 0.2) is 79.3 Å². The van der Waals surface area contributed by atoms with E-state index in [0.29, 0.717) is 6.04 Å². The Bertz CT molecular complexity index is 1410. The summed E-state index contributed by atoms with van der Waals surface area (Å²) in [6.45, 7) is 4.21. The van der Waals surface area contributed by atoms with E-state index < -0.39 is 0 Å². The van der Waals surface area contributed by atoms with Crippen LogP contribution in [0.4, 0.5) is 0 Å². The highest BCUT2D eigenvalue weighted by Crippen LogP contribution is 2.38. The number of aryl methyl sites for hydroxylation is 1. The van der Waals surface area contributed by atoms with Crippen molar-refractivity contribution in [1.82, 2.24) is 19.9 Å². The van der Waals surface area contributed by atoms with E-state index in [1.807, 2.05) is 12.5 Å². The zero-order chi connectivity index (χ0) is 21.5. The molecule has 0 bridgehead atoms. The van der Waals surface area contributed by atoms with E-state index in [0.717, 1.165) is 48.2 Å². The minimum atomic E-state index is 0.448. The Hall–Kier alpha value is -3.50. The van der Waals surface area contributed by atoms with Crippen molar-refractivity contribution in [2.45, 2.75) is 25.8 Å². The van der Waals surface area contributed by atoms with Gasteiger partial charge in [-0.15, -0.1) is 0 Å². The van der Waals surface area contributed by atoms with E-state index in [1.165, 1.54) is 27.5 Å². The zero-order valence-corrected chi connectivity index (χ0v) is 18.3. The fraction of sp³-hybridized carbons (Fsp3) is 0.214. The maximum absolute atomic E-state index is 4.94.